The van der Waals surface area contributed by atoms with E-state index >= 15 is 0 Å². The van der Waals surface area contributed by atoms with Gasteiger partial charge in [-0.15, -0.1) is 0 Å². The predicted octanol–water partition coefficient (Wildman–Crippen LogP) is 2.58. The summed E-state index contributed by atoms with van der Waals surface area (Å²) >= 11 is 0. The van der Waals surface area contributed by atoms with Gasteiger partial charge in [0, 0.05) is 19.2 Å². The molecule has 0 bridgehead atoms. The number of hydrogen-bond donors (Lipinski definition) is 1. The van der Waals surface area contributed by atoms with Crippen molar-refractivity contribution in [2.75, 3.05) is 19.8 Å². The summed E-state index contributed by atoms with van der Waals surface area (Å²) in [5, 5.41) is 3.56. The van der Waals surface area contributed by atoms with Crippen molar-refractivity contribution < 1.29 is 4.74 Å². The molecule has 2 heteroatoms. The summed E-state index contributed by atoms with van der Waals surface area (Å²) in [5.41, 5.74) is 0. The van der Waals surface area contributed by atoms with Gasteiger partial charge in [-0.1, -0.05) is 19.3 Å². The summed E-state index contributed by atoms with van der Waals surface area (Å²) < 4.78 is 5.31. The van der Waals surface area contributed by atoms with Crippen molar-refractivity contribution in [2.24, 2.45) is 5.92 Å². The van der Waals surface area contributed by atoms with Gasteiger partial charge in [-0.2, -0.15) is 0 Å². The largest absolute Gasteiger partial charge is 0.380 e. The molecule has 0 spiro atoms. The molecule has 1 aliphatic carbocycles. The van der Waals surface area contributed by atoms with Gasteiger partial charge in [-0.05, 0) is 32.6 Å². The fourth-order valence-corrected chi connectivity index (χ4v) is 2.30. The van der Waals surface area contributed by atoms with Gasteiger partial charge in [0.15, 0.2) is 0 Å². The van der Waals surface area contributed by atoms with Crippen LogP contribution in [0, 0.1) is 5.92 Å². The van der Waals surface area contributed by atoms with Gasteiger partial charge in [0.1, 0.15) is 0 Å². The van der Waals surface area contributed by atoms with Crippen LogP contribution in [0.2, 0.25) is 0 Å². The third-order valence-electron chi connectivity index (χ3n) is 3.27. The second-order valence-corrected chi connectivity index (χ2v) is 4.34. The third-order valence-corrected chi connectivity index (χ3v) is 3.27. The molecule has 0 heterocycles. The number of hydrogen-bond acceptors (Lipinski definition) is 2. The van der Waals surface area contributed by atoms with Crippen LogP contribution in [-0.2, 0) is 4.74 Å². The standard InChI is InChI=1S/C12H25NO/c1-3-14-10-9-13-11(2)12-7-5-4-6-8-12/h11-13H,3-10H2,1-2H3/t11-/m1/s1. The van der Waals surface area contributed by atoms with Gasteiger partial charge in [0.25, 0.3) is 0 Å². The Morgan fingerprint density at radius 3 is 2.64 bits per heavy atom. The van der Waals surface area contributed by atoms with Crippen LogP contribution in [0.5, 0.6) is 0 Å². The summed E-state index contributed by atoms with van der Waals surface area (Å²) in [4.78, 5) is 0. The predicted molar refractivity (Wildman–Crippen MR) is 60.5 cm³/mol. The van der Waals surface area contributed by atoms with Crippen molar-refractivity contribution >= 4 is 0 Å². The van der Waals surface area contributed by atoms with Gasteiger partial charge in [-0.3, -0.25) is 0 Å². The van der Waals surface area contributed by atoms with Crippen LogP contribution in [0.4, 0.5) is 0 Å². The molecule has 0 aromatic carbocycles. The average molecular weight is 199 g/mol. The van der Waals surface area contributed by atoms with Crippen LogP contribution in [-0.4, -0.2) is 25.8 Å². The molecule has 0 unspecified atom stereocenters. The second kappa shape index (κ2) is 7.24. The van der Waals surface area contributed by atoms with Crippen molar-refractivity contribution in [1.29, 1.82) is 0 Å². The van der Waals surface area contributed by atoms with Crippen LogP contribution in [0.15, 0.2) is 0 Å². The number of rotatable bonds is 6. The zero-order valence-corrected chi connectivity index (χ0v) is 9.72. The molecule has 1 N–H and O–H groups in total. The normalized spacial score (nSPS) is 21.0. The zero-order valence-electron chi connectivity index (χ0n) is 9.72. The first-order valence-electron chi connectivity index (χ1n) is 6.15. The number of ether oxygens (including phenoxy) is 1. The molecule has 0 aromatic heterocycles. The van der Waals surface area contributed by atoms with Crippen LogP contribution >= 0.6 is 0 Å². The first kappa shape index (κ1) is 12.0. The van der Waals surface area contributed by atoms with Crippen molar-refractivity contribution in [3.05, 3.63) is 0 Å². The fourth-order valence-electron chi connectivity index (χ4n) is 2.30. The molecule has 1 rings (SSSR count). The summed E-state index contributed by atoms with van der Waals surface area (Å²) in [6.07, 6.45) is 7.15. The molecular weight excluding hydrogens is 174 g/mol. The highest BCUT2D eigenvalue weighted by atomic mass is 16.5. The first-order chi connectivity index (χ1) is 6.84. The summed E-state index contributed by atoms with van der Waals surface area (Å²) in [7, 11) is 0. The van der Waals surface area contributed by atoms with Crippen LogP contribution in [0.25, 0.3) is 0 Å². The Balaban J connectivity index is 2.04. The highest BCUT2D eigenvalue weighted by Gasteiger charge is 2.18. The highest BCUT2D eigenvalue weighted by molar-refractivity contribution is 4.75. The Kier molecular flexibility index (Phi) is 6.20. The molecule has 0 radical (unpaired) electrons. The molecule has 1 aliphatic rings. The molecule has 1 saturated carbocycles. The Bertz CT molecular complexity index is 132. The molecule has 0 aliphatic heterocycles. The van der Waals surface area contributed by atoms with E-state index in [2.05, 4.69) is 12.2 Å². The van der Waals surface area contributed by atoms with Gasteiger partial charge in [0.05, 0.1) is 6.61 Å². The minimum absolute atomic E-state index is 0.677. The lowest BCUT2D eigenvalue weighted by Gasteiger charge is -2.28. The van der Waals surface area contributed by atoms with E-state index in [1.54, 1.807) is 0 Å². The van der Waals surface area contributed by atoms with E-state index < -0.39 is 0 Å². The van der Waals surface area contributed by atoms with E-state index in [-0.39, 0.29) is 0 Å². The SMILES string of the molecule is CCOCCN[C@H](C)C1CCCCC1. The summed E-state index contributed by atoms with van der Waals surface area (Å²) in [5.74, 6) is 0.908. The van der Waals surface area contributed by atoms with Gasteiger partial charge in [-0.25, -0.2) is 0 Å². The van der Waals surface area contributed by atoms with E-state index in [1.165, 1.54) is 32.1 Å². The minimum atomic E-state index is 0.677. The summed E-state index contributed by atoms with van der Waals surface area (Å²) in [6, 6.07) is 0.677. The molecule has 1 fully saturated rings. The van der Waals surface area contributed by atoms with Gasteiger partial charge < -0.3 is 10.1 Å². The van der Waals surface area contributed by atoms with E-state index in [0.717, 1.165) is 25.7 Å². The second-order valence-electron chi connectivity index (χ2n) is 4.34. The fraction of sp³-hybridized carbons (Fsp3) is 1.00. The van der Waals surface area contributed by atoms with Crippen molar-refractivity contribution in [3.63, 3.8) is 0 Å². The molecule has 2 nitrogen and oxygen atoms in total. The lowest BCUT2D eigenvalue weighted by molar-refractivity contribution is 0.143. The van der Waals surface area contributed by atoms with Gasteiger partial charge >= 0.3 is 0 Å². The van der Waals surface area contributed by atoms with Crippen molar-refractivity contribution in [2.45, 2.75) is 52.0 Å². The Morgan fingerprint density at radius 2 is 2.00 bits per heavy atom. The maximum Gasteiger partial charge on any atom is 0.0590 e. The van der Waals surface area contributed by atoms with Crippen LogP contribution < -0.4 is 5.32 Å². The topological polar surface area (TPSA) is 21.3 Å². The maximum atomic E-state index is 5.31. The Morgan fingerprint density at radius 1 is 1.29 bits per heavy atom. The molecule has 1 atom stereocenters. The van der Waals surface area contributed by atoms with Gasteiger partial charge in [0.2, 0.25) is 0 Å². The zero-order chi connectivity index (χ0) is 10.2. The monoisotopic (exact) mass is 199 g/mol. The third kappa shape index (κ3) is 4.43. The first-order valence-corrected chi connectivity index (χ1v) is 6.15. The van der Waals surface area contributed by atoms with Crippen LogP contribution in [0.3, 0.4) is 0 Å². The van der Waals surface area contributed by atoms with E-state index in [4.69, 9.17) is 4.74 Å². The minimum Gasteiger partial charge on any atom is -0.380 e. The Labute approximate surface area is 88.4 Å². The molecule has 14 heavy (non-hydrogen) atoms. The summed E-state index contributed by atoms with van der Waals surface area (Å²) in [6.45, 7) is 7.06. The van der Waals surface area contributed by atoms with E-state index in [0.29, 0.717) is 6.04 Å². The van der Waals surface area contributed by atoms with Crippen molar-refractivity contribution in [3.8, 4) is 0 Å². The molecular formula is C12H25NO. The van der Waals surface area contributed by atoms with E-state index in [1.807, 2.05) is 6.92 Å². The van der Waals surface area contributed by atoms with Crippen molar-refractivity contribution in [1.82, 2.24) is 5.32 Å². The average Bonchev–Trinajstić information content (AvgIpc) is 2.25. The number of nitrogens with one attached hydrogen (secondary N) is 1. The molecule has 0 aromatic rings. The highest BCUT2D eigenvalue weighted by Crippen LogP contribution is 2.26. The molecule has 84 valence electrons. The Hall–Kier alpha value is -0.0800. The quantitative estimate of drug-likeness (QED) is 0.664. The maximum absolute atomic E-state index is 5.31. The lowest BCUT2D eigenvalue weighted by atomic mass is 9.84. The van der Waals surface area contributed by atoms with E-state index in [9.17, 15) is 0 Å². The molecule has 0 saturated heterocycles. The molecule has 0 amide bonds. The smallest absolute Gasteiger partial charge is 0.0590 e. The lowest BCUT2D eigenvalue weighted by Crippen LogP contribution is -2.36. The van der Waals surface area contributed by atoms with Crippen LogP contribution in [0.1, 0.15) is 46.0 Å².